The van der Waals surface area contributed by atoms with Gasteiger partial charge in [0.15, 0.2) is 22.2 Å². The van der Waals surface area contributed by atoms with E-state index in [1.54, 1.807) is 47.3 Å². The van der Waals surface area contributed by atoms with Gasteiger partial charge in [-0.25, -0.2) is 8.42 Å². The van der Waals surface area contributed by atoms with E-state index in [2.05, 4.69) is 5.32 Å². The first-order valence-electron chi connectivity index (χ1n) is 10.9. The van der Waals surface area contributed by atoms with E-state index in [0.29, 0.717) is 39.8 Å². The molecule has 1 N–H and O–H groups in total. The van der Waals surface area contributed by atoms with Gasteiger partial charge in [0.05, 0.1) is 45.4 Å². The average Bonchev–Trinajstić information content (AvgIpc) is 2.87. The summed E-state index contributed by atoms with van der Waals surface area (Å²) in [5.41, 5.74) is 1.33. The highest BCUT2D eigenvalue weighted by Gasteiger charge is 2.16. The maximum Gasteiger partial charge on any atom is 0.290 e. The Hall–Kier alpha value is -4.05. The van der Waals surface area contributed by atoms with Gasteiger partial charge < -0.3 is 24.3 Å². The van der Waals surface area contributed by atoms with Crippen molar-refractivity contribution in [2.24, 2.45) is 0 Å². The number of aromatic nitrogens is 1. The van der Waals surface area contributed by atoms with E-state index in [0.717, 1.165) is 5.41 Å². The number of pyridine rings is 1. The standard InChI is InChI=1S/C26H28N2O7S/c1-32-20-15-24(34-3)21(25(16-20)35-4)10-13-36(30,31)18-19-8-9-23(33-2)22(14-19)27-26(29)17-28-11-6-5-7-12-28/h5-16H,17-18H2,1-4H3/p+1. The topological polar surface area (TPSA) is 104 Å². The fourth-order valence-corrected chi connectivity index (χ4v) is 4.57. The van der Waals surface area contributed by atoms with Crippen LogP contribution in [0.2, 0.25) is 0 Å². The van der Waals surface area contributed by atoms with Gasteiger partial charge in [0.1, 0.15) is 23.0 Å². The smallest absolute Gasteiger partial charge is 0.290 e. The summed E-state index contributed by atoms with van der Waals surface area (Å²) in [5, 5.41) is 3.90. The first-order valence-corrected chi connectivity index (χ1v) is 12.6. The Morgan fingerprint density at radius 1 is 0.889 bits per heavy atom. The third-order valence-electron chi connectivity index (χ3n) is 5.20. The van der Waals surface area contributed by atoms with Crippen LogP contribution in [0.15, 0.2) is 66.3 Å². The number of nitrogens with one attached hydrogen (secondary N) is 1. The summed E-state index contributed by atoms with van der Waals surface area (Å²) in [6, 6.07) is 13.6. The van der Waals surface area contributed by atoms with Crippen molar-refractivity contribution in [1.82, 2.24) is 0 Å². The monoisotopic (exact) mass is 513 g/mol. The van der Waals surface area contributed by atoms with Gasteiger partial charge in [-0.05, 0) is 23.8 Å². The van der Waals surface area contributed by atoms with Gasteiger partial charge in [-0.15, -0.1) is 0 Å². The molecule has 9 nitrogen and oxygen atoms in total. The number of ether oxygens (including phenoxy) is 4. The van der Waals surface area contributed by atoms with Crippen molar-refractivity contribution < 1.29 is 36.7 Å². The number of hydrogen-bond donors (Lipinski definition) is 1. The number of amides is 1. The van der Waals surface area contributed by atoms with Crippen LogP contribution in [0.25, 0.3) is 6.08 Å². The molecule has 0 unspecified atom stereocenters. The average molecular weight is 514 g/mol. The zero-order valence-electron chi connectivity index (χ0n) is 20.6. The van der Waals surface area contributed by atoms with Crippen LogP contribution in [0.4, 0.5) is 5.69 Å². The molecule has 0 bridgehead atoms. The molecule has 1 amide bonds. The minimum absolute atomic E-state index is 0.0980. The lowest BCUT2D eigenvalue weighted by Crippen LogP contribution is -2.39. The maximum absolute atomic E-state index is 12.9. The van der Waals surface area contributed by atoms with Gasteiger partial charge in [0, 0.05) is 29.7 Å². The number of nitrogens with zero attached hydrogens (tertiary/aromatic N) is 1. The molecule has 0 aliphatic carbocycles. The van der Waals surface area contributed by atoms with Crippen LogP contribution in [0.5, 0.6) is 23.0 Å². The summed E-state index contributed by atoms with van der Waals surface area (Å²) in [4.78, 5) is 12.5. The highest BCUT2D eigenvalue weighted by atomic mass is 32.2. The molecule has 0 atom stereocenters. The molecule has 36 heavy (non-hydrogen) atoms. The van der Waals surface area contributed by atoms with Crippen molar-refractivity contribution in [2.45, 2.75) is 12.3 Å². The molecule has 0 aliphatic rings. The third kappa shape index (κ3) is 6.98. The largest absolute Gasteiger partial charge is 0.496 e. The Kier molecular flexibility index (Phi) is 8.91. The number of methoxy groups -OCH3 is 4. The van der Waals surface area contributed by atoms with E-state index in [9.17, 15) is 13.2 Å². The van der Waals surface area contributed by atoms with Crippen LogP contribution < -0.4 is 28.8 Å². The molecule has 190 valence electrons. The van der Waals surface area contributed by atoms with Crippen molar-refractivity contribution in [3.63, 3.8) is 0 Å². The molecule has 0 spiro atoms. The van der Waals surface area contributed by atoms with Gasteiger partial charge in [0.2, 0.25) is 6.54 Å². The molecular weight excluding hydrogens is 484 g/mol. The number of carbonyl (C=O) groups excluding carboxylic acids is 1. The second-order valence-electron chi connectivity index (χ2n) is 7.69. The zero-order chi connectivity index (χ0) is 26.1. The molecule has 2 aromatic carbocycles. The Morgan fingerprint density at radius 3 is 2.11 bits per heavy atom. The SMILES string of the molecule is COc1cc(OC)c(C=CS(=O)(=O)Cc2ccc(OC)c(NC(=O)C[n+]3ccccc3)c2)c(OC)c1. The number of rotatable bonds is 11. The molecule has 0 aliphatic heterocycles. The van der Waals surface area contributed by atoms with Gasteiger partial charge in [-0.2, -0.15) is 4.57 Å². The van der Waals surface area contributed by atoms with Crippen molar-refractivity contribution in [1.29, 1.82) is 0 Å². The van der Waals surface area contributed by atoms with E-state index < -0.39 is 9.84 Å². The van der Waals surface area contributed by atoms with Crippen molar-refractivity contribution in [3.8, 4) is 23.0 Å². The van der Waals surface area contributed by atoms with E-state index in [1.807, 2.05) is 18.2 Å². The summed E-state index contributed by atoms with van der Waals surface area (Å²) in [6.45, 7) is 0.0980. The molecule has 0 saturated carbocycles. The van der Waals surface area contributed by atoms with E-state index >= 15 is 0 Å². The lowest BCUT2D eigenvalue weighted by Gasteiger charge is -2.13. The molecule has 0 saturated heterocycles. The van der Waals surface area contributed by atoms with Crippen LogP contribution in [0.3, 0.4) is 0 Å². The number of carbonyl (C=O) groups is 1. The van der Waals surface area contributed by atoms with Crippen LogP contribution in [0, 0.1) is 0 Å². The molecule has 1 heterocycles. The predicted molar refractivity (Wildman–Crippen MR) is 136 cm³/mol. The number of benzene rings is 2. The molecule has 10 heteroatoms. The maximum atomic E-state index is 12.9. The first kappa shape index (κ1) is 26.6. The van der Waals surface area contributed by atoms with Crippen LogP contribution in [0.1, 0.15) is 11.1 Å². The minimum Gasteiger partial charge on any atom is -0.496 e. The van der Waals surface area contributed by atoms with Crippen molar-refractivity contribution in [3.05, 3.63) is 77.5 Å². The van der Waals surface area contributed by atoms with Crippen LogP contribution in [-0.2, 0) is 26.9 Å². The Labute approximate surface area is 210 Å². The lowest BCUT2D eigenvalue weighted by molar-refractivity contribution is -0.684. The molecule has 3 aromatic rings. The third-order valence-corrected chi connectivity index (χ3v) is 6.49. The van der Waals surface area contributed by atoms with Crippen molar-refractivity contribution in [2.75, 3.05) is 33.8 Å². The highest BCUT2D eigenvalue weighted by Crippen LogP contribution is 2.35. The minimum atomic E-state index is -3.69. The summed E-state index contributed by atoms with van der Waals surface area (Å²) < 4.78 is 48.8. The van der Waals surface area contributed by atoms with Gasteiger partial charge >= 0.3 is 0 Å². The summed E-state index contributed by atoms with van der Waals surface area (Å²) in [7, 11) is 2.25. The Bertz CT molecular complexity index is 1310. The normalized spacial score (nSPS) is 11.2. The summed E-state index contributed by atoms with van der Waals surface area (Å²) in [5.74, 6) is 1.19. The highest BCUT2D eigenvalue weighted by molar-refractivity contribution is 7.93. The van der Waals surface area contributed by atoms with Gasteiger partial charge in [0.25, 0.3) is 5.91 Å². The van der Waals surface area contributed by atoms with Crippen LogP contribution >= 0.6 is 0 Å². The number of hydrogen-bond acceptors (Lipinski definition) is 7. The van der Waals surface area contributed by atoms with Gasteiger partial charge in [-0.1, -0.05) is 12.1 Å². The molecular formula is C26H29N2O7S+. The fourth-order valence-electron chi connectivity index (χ4n) is 3.49. The second-order valence-corrected chi connectivity index (χ2v) is 9.57. The molecule has 0 radical (unpaired) electrons. The number of sulfone groups is 1. The number of anilines is 1. The van der Waals surface area contributed by atoms with Crippen LogP contribution in [-0.4, -0.2) is 42.8 Å². The fraction of sp³-hybridized carbons (Fsp3) is 0.231. The lowest BCUT2D eigenvalue weighted by atomic mass is 10.1. The van der Waals surface area contributed by atoms with E-state index in [1.165, 1.54) is 34.5 Å². The Morgan fingerprint density at radius 2 is 1.53 bits per heavy atom. The summed E-state index contributed by atoms with van der Waals surface area (Å²) >= 11 is 0. The zero-order valence-corrected chi connectivity index (χ0v) is 21.4. The second kappa shape index (κ2) is 12.1. The predicted octanol–water partition coefficient (Wildman–Crippen LogP) is 3.23. The Balaban J connectivity index is 1.81. The summed E-state index contributed by atoms with van der Waals surface area (Å²) in [6.07, 6.45) is 4.98. The first-order chi connectivity index (χ1) is 17.3. The quantitative estimate of drug-likeness (QED) is 0.393. The van der Waals surface area contributed by atoms with Gasteiger partial charge in [-0.3, -0.25) is 4.79 Å². The van der Waals surface area contributed by atoms with E-state index in [4.69, 9.17) is 18.9 Å². The molecule has 0 fully saturated rings. The molecule has 3 rings (SSSR count). The van der Waals surface area contributed by atoms with Crippen molar-refractivity contribution >= 4 is 27.5 Å². The molecule has 1 aromatic heterocycles. The van der Waals surface area contributed by atoms with E-state index in [-0.39, 0.29) is 18.2 Å².